The van der Waals surface area contributed by atoms with Crippen LogP contribution in [0.1, 0.15) is 45.1 Å². The summed E-state index contributed by atoms with van der Waals surface area (Å²) >= 11 is 0. The SMILES string of the molecule is CCCC(CC)CCc1cccc(OC)c1. The van der Waals surface area contributed by atoms with E-state index in [0.29, 0.717) is 0 Å². The normalized spacial score (nSPS) is 12.4. The predicted octanol–water partition coefficient (Wildman–Crippen LogP) is 4.45. The first-order chi connectivity index (χ1) is 7.80. The van der Waals surface area contributed by atoms with Crippen molar-refractivity contribution in [2.45, 2.75) is 46.0 Å². The second-order valence-electron chi connectivity index (χ2n) is 4.45. The summed E-state index contributed by atoms with van der Waals surface area (Å²) in [7, 11) is 1.73. The highest BCUT2D eigenvalue weighted by atomic mass is 16.5. The molecular formula is C15H24O. The highest BCUT2D eigenvalue weighted by Gasteiger charge is 2.05. The standard InChI is InChI=1S/C15H24O/c1-4-7-13(5-2)10-11-14-8-6-9-15(12-14)16-3/h6,8-9,12-13H,4-5,7,10-11H2,1-3H3. The molecule has 0 N–H and O–H groups in total. The van der Waals surface area contributed by atoms with Crippen molar-refractivity contribution in [2.75, 3.05) is 7.11 Å². The highest BCUT2D eigenvalue weighted by Crippen LogP contribution is 2.20. The van der Waals surface area contributed by atoms with E-state index in [4.69, 9.17) is 4.74 Å². The molecular weight excluding hydrogens is 196 g/mol. The summed E-state index contributed by atoms with van der Waals surface area (Å²) in [6.07, 6.45) is 6.45. The minimum Gasteiger partial charge on any atom is -0.497 e. The van der Waals surface area contributed by atoms with Gasteiger partial charge in [-0.15, -0.1) is 0 Å². The van der Waals surface area contributed by atoms with Gasteiger partial charge in [-0.05, 0) is 36.5 Å². The smallest absolute Gasteiger partial charge is 0.119 e. The van der Waals surface area contributed by atoms with Crippen LogP contribution in [0.5, 0.6) is 5.75 Å². The van der Waals surface area contributed by atoms with Gasteiger partial charge in [0, 0.05) is 0 Å². The molecule has 1 nitrogen and oxygen atoms in total. The monoisotopic (exact) mass is 220 g/mol. The Morgan fingerprint density at radius 3 is 2.62 bits per heavy atom. The number of ether oxygens (including phenoxy) is 1. The summed E-state index contributed by atoms with van der Waals surface area (Å²) < 4.78 is 5.24. The molecule has 1 aromatic carbocycles. The van der Waals surface area contributed by atoms with Gasteiger partial charge in [0.15, 0.2) is 0 Å². The molecule has 0 aromatic heterocycles. The van der Waals surface area contributed by atoms with Crippen molar-refractivity contribution in [2.24, 2.45) is 5.92 Å². The van der Waals surface area contributed by atoms with Gasteiger partial charge in [0.1, 0.15) is 5.75 Å². The van der Waals surface area contributed by atoms with Crippen LogP contribution in [0, 0.1) is 5.92 Å². The van der Waals surface area contributed by atoms with E-state index < -0.39 is 0 Å². The van der Waals surface area contributed by atoms with Crippen LogP contribution in [0.15, 0.2) is 24.3 Å². The predicted molar refractivity (Wildman–Crippen MR) is 70.0 cm³/mol. The summed E-state index contributed by atoms with van der Waals surface area (Å²) in [6, 6.07) is 8.43. The maximum absolute atomic E-state index is 5.24. The minimum atomic E-state index is 0.885. The zero-order valence-electron chi connectivity index (χ0n) is 10.8. The Morgan fingerprint density at radius 2 is 2.00 bits per heavy atom. The first kappa shape index (κ1) is 13.1. The zero-order chi connectivity index (χ0) is 11.8. The van der Waals surface area contributed by atoms with Gasteiger partial charge in [-0.25, -0.2) is 0 Å². The topological polar surface area (TPSA) is 9.23 Å². The summed E-state index contributed by atoms with van der Waals surface area (Å²) in [5.74, 6) is 1.86. The molecule has 0 heterocycles. The molecule has 0 spiro atoms. The minimum absolute atomic E-state index is 0.885. The van der Waals surface area contributed by atoms with Crippen molar-refractivity contribution in [3.8, 4) is 5.75 Å². The average molecular weight is 220 g/mol. The fourth-order valence-electron chi connectivity index (χ4n) is 2.16. The maximum atomic E-state index is 5.24. The van der Waals surface area contributed by atoms with Crippen molar-refractivity contribution < 1.29 is 4.74 Å². The molecule has 0 aliphatic heterocycles. The Balaban J connectivity index is 2.46. The molecule has 90 valence electrons. The Kier molecular flexibility index (Phi) is 5.99. The number of rotatable bonds is 7. The van der Waals surface area contributed by atoms with Gasteiger partial charge in [-0.2, -0.15) is 0 Å². The van der Waals surface area contributed by atoms with E-state index in [9.17, 15) is 0 Å². The molecule has 0 aliphatic carbocycles. The van der Waals surface area contributed by atoms with E-state index in [-0.39, 0.29) is 0 Å². The molecule has 0 saturated carbocycles. The van der Waals surface area contributed by atoms with Crippen LogP contribution in [-0.4, -0.2) is 7.11 Å². The van der Waals surface area contributed by atoms with Crippen LogP contribution in [0.4, 0.5) is 0 Å². The first-order valence-electron chi connectivity index (χ1n) is 6.43. The van der Waals surface area contributed by atoms with Crippen molar-refractivity contribution in [1.82, 2.24) is 0 Å². The first-order valence-corrected chi connectivity index (χ1v) is 6.43. The number of hydrogen-bond donors (Lipinski definition) is 0. The van der Waals surface area contributed by atoms with Crippen LogP contribution in [0.2, 0.25) is 0 Å². The van der Waals surface area contributed by atoms with E-state index in [1.54, 1.807) is 7.11 Å². The second-order valence-corrected chi connectivity index (χ2v) is 4.45. The molecule has 0 saturated heterocycles. The van der Waals surface area contributed by atoms with Crippen molar-refractivity contribution in [1.29, 1.82) is 0 Å². The molecule has 0 amide bonds. The van der Waals surface area contributed by atoms with Gasteiger partial charge >= 0.3 is 0 Å². The number of methoxy groups -OCH3 is 1. The summed E-state index contributed by atoms with van der Waals surface area (Å²) in [5, 5.41) is 0. The lowest BCUT2D eigenvalue weighted by molar-refractivity contribution is 0.412. The summed E-state index contributed by atoms with van der Waals surface area (Å²) in [4.78, 5) is 0. The molecule has 0 bridgehead atoms. The van der Waals surface area contributed by atoms with E-state index in [0.717, 1.165) is 11.7 Å². The lowest BCUT2D eigenvalue weighted by Gasteiger charge is -2.13. The third kappa shape index (κ3) is 4.26. The highest BCUT2D eigenvalue weighted by molar-refractivity contribution is 5.28. The van der Waals surface area contributed by atoms with Gasteiger partial charge < -0.3 is 4.74 Å². The van der Waals surface area contributed by atoms with Crippen LogP contribution in [0.3, 0.4) is 0 Å². The molecule has 1 heteroatoms. The maximum Gasteiger partial charge on any atom is 0.119 e. The van der Waals surface area contributed by atoms with E-state index >= 15 is 0 Å². The third-order valence-electron chi connectivity index (χ3n) is 3.25. The second kappa shape index (κ2) is 7.32. The number of hydrogen-bond acceptors (Lipinski definition) is 1. The molecule has 1 atom stereocenters. The van der Waals surface area contributed by atoms with Crippen molar-refractivity contribution in [3.05, 3.63) is 29.8 Å². The Bertz CT molecular complexity index is 293. The summed E-state index contributed by atoms with van der Waals surface area (Å²) in [5.41, 5.74) is 1.40. The Labute approximate surface area is 99.8 Å². The van der Waals surface area contributed by atoms with Gasteiger partial charge in [0.25, 0.3) is 0 Å². The molecule has 0 fully saturated rings. The molecule has 1 aromatic rings. The number of benzene rings is 1. The molecule has 0 radical (unpaired) electrons. The van der Waals surface area contributed by atoms with Gasteiger partial charge in [0.2, 0.25) is 0 Å². The molecule has 1 unspecified atom stereocenters. The fraction of sp³-hybridized carbons (Fsp3) is 0.600. The quantitative estimate of drug-likeness (QED) is 0.659. The van der Waals surface area contributed by atoms with Crippen molar-refractivity contribution in [3.63, 3.8) is 0 Å². The van der Waals surface area contributed by atoms with Gasteiger partial charge in [-0.1, -0.05) is 45.2 Å². The lowest BCUT2D eigenvalue weighted by atomic mass is 9.93. The van der Waals surface area contributed by atoms with E-state index in [2.05, 4.69) is 32.0 Å². The molecule has 16 heavy (non-hydrogen) atoms. The third-order valence-corrected chi connectivity index (χ3v) is 3.25. The van der Waals surface area contributed by atoms with E-state index in [1.165, 1.54) is 37.7 Å². The summed E-state index contributed by atoms with van der Waals surface area (Å²) in [6.45, 7) is 4.57. The van der Waals surface area contributed by atoms with Crippen LogP contribution >= 0.6 is 0 Å². The van der Waals surface area contributed by atoms with Gasteiger partial charge in [0.05, 0.1) is 7.11 Å². The lowest BCUT2D eigenvalue weighted by Crippen LogP contribution is -2.00. The van der Waals surface area contributed by atoms with E-state index in [1.807, 2.05) is 6.07 Å². The van der Waals surface area contributed by atoms with Crippen molar-refractivity contribution >= 4 is 0 Å². The zero-order valence-corrected chi connectivity index (χ0v) is 10.8. The Hall–Kier alpha value is -0.980. The average Bonchev–Trinajstić information content (AvgIpc) is 2.34. The van der Waals surface area contributed by atoms with Crippen LogP contribution < -0.4 is 4.74 Å². The number of aryl methyl sites for hydroxylation is 1. The van der Waals surface area contributed by atoms with Gasteiger partial charge in [-0.3, -0.25) is 0 Å². The van der Waals surface area contributed by atoms with Crippen LogP contribution in [-0.2, 0) is 6.42 Å². The fourth-order valence-corrected chi connectivity index (χ4v) is 2.16. The molecule has 0 aliphatic rings. The molecule has 1 rings (SSSR count). The Morgan fingerprint density at radius 1 is 1.19 bits per heavy atom. The largest absolute Gasteiger partial charge is 0.497 e. The van der Waals surface area contributed by atoms with Crippen LogP contribution in [0.25, 0.3) is 0 Å².